The van der Waals surface area contributed by atoms with Gasteiger partial charge in [0.1, 0.15) is 5.82 Å². The fourth-order valence-corrected chi connectivity index (χ4v) is 3.03. The molecule has 0 unspecified atom stereocenters. The Bertz CT molecular complexity index is 809. The van der Waals surface area contributed by atoms with E-state index in [0.717, 1.165) is 0 Å². The summed E-state index contributed by atoms with van der Waals surface area (Å²) in [7, 11) is 0. The summed E-state index contributed by atoms with van der Waals surface area (Å²) in [5.41, 5.74) is 0.950. The lowest BCUT2D eigenvalue weighted by molar-refractivity contribution is 0.0191. The number of likely N-dealkylation sites (tertiary alicyclic amines) is 1. The molecule has 1 fully saturated rings. The fourth-order valence-electron chi connectivity index (χ4n) is 3.03. The zero-order chi connectivity index (χ0) is 18.7. The summed E-state index contributed by atoms with van der Waals surface area (Å²) in [6.45, 7) is 2.84. The highest BCUT2D eigenvalue weighted by Crippen LogP contribution is 2.20. The Labute approximate surface area is 149 Å². The number of fused-ring (bicyclic) bond motifs is 1. The van der Waals surface area contributed by atoms with Gasteiger partial charge in [-0.2, -0.15) is 0 Å². The Morgan fingerprint density at radius 2 is 2.31 bits per heavy atom. The number of imidazole rings is 1. The number of aliphatic hydroxyl groups is 1. The third kappa shape index (κ3) is 3.93. The van der Waals surface area contributed by atoms with Gasteiger partial charge in [-0.1, -0.05) is 0 Å². The van der Waals surface area contributed by atoms with Crippen LogP contribution < -0.4 is 5.32 Å². The number of halogens is 1. The van der Waals surface area contributed by atoms with Crippen molar-refractivity contribution in [1.82, 2.24) is 20.2 Å². The van der Waals surface area contributed by atoms with Crippen LogP contribution in [-0.2, 0) is 4.74 Å². The molecule has 1 aliphatic rings. The largest absolute Gasteiger partial charge is 0.450 e. The van der Waals surface area contributed by atoms with Crippen molar-refractivity contribution < 1.29 is 23.8 Å². The normalized spacial score (nSPS) is 20.2. The number of hydrogen-bond donors (Lipinski definition) is 3. The number of hydrogen-bond acceptors (Lipinski definition) is 5. The second kappa shape index (κ2) is 7.69. The van der Waals surface area contributed by atoms with Crippen molar-refractivity contribution in [2.75, 3.05) is 26.2 Å². The molecular weight excluding hydrogens is 343 g/mol. The Balaban J connectivity index is 1.60. The summed E-state index contributed by atoms with van der Waals surface area (Å²) in [5, 5.41) is 12.9. The molecule has 140 valence electrons. The molecule has 1 aliphatic heterocycles. The van der Waals surface area contributed by atoms with Gasteiger partial charge in [0.15, 0.2) is 5.82 Å². The number of nitrogens with one attached hydrogen (secondary N) is 2. The molecule has 0 radical (unpaired) electrons. The van der Waals surface area contributed by atoms with Gasteiger partial charge in [-0.3, -0.25) is 4.79 Å². The van der Waals surface area contributed by atoms with Crippen molar-refractivity contribution in [1.29, 1.82) is 0 Å². The zero-order valence-corrected chi connectivity index (χ0v) is 14.4. The molecule has 2 aromatic rings. The van der Waals surface area contributed by atoms with Crippen LogP contribution in [0.3, 0.4) is 0 Å². The van der Waals surface area contributed by atoms with E-state index in [0.29, 0.717) is 24.0 Å². The Hall–Kier alpha value is -2.68. The van der Waals surface area contributed by atoms with E-state index < -0.39 is 18.0 Å². The SMILES string of the molecule is CCOC(=O)NC[C@@H]1CCN(C(=O)c2nc3ccc(F)cc3[nH]2)C[C@H]1O. The van der Waals surface area contributed by atoms with Gasteiger partial charge in [-0.25, -0.2) is 14.2 Å². The number of nitrogens with zero attached hydrogens (tertiary/aromatic N) is 2. The minimum atomic E-state index is -0.767. The Morgan fingerprint density at radius 3 is 3.04 bits per heavy atom. The number of alkyl carbamates (subject to hydrolysis) is 1. The molecule has 9 heteroatoms. The van der Waals surface area contributed by atoms with E-state index in [-0.39, 0.29) is 37.3 Å². The van der Waals surface area contributed by atoms with Gasteiger partial charge in [-0.05, 0) is 31.5 Å². The zero-order valence-electron chi connectivity index (χ0n) is 14.4. The predicted molar refractivity (Wildman–Crippen MR) is 91.1 cm³/mol. The highest BCUT2D eigenvalue weighted by Gasteiger charge is 2.31. The van der Waals surface area contributed by atoms with Crippen LogP contribution in [0.1, 0.15) is 24.0 Å². The summed E-state index contributed by atoms with van der Waals surface area (Å²) in [6.07, 6.45) is -0.752. The van der Waals surface area contributed by atoms with Gasteiger partial charge < -0.3 is 25.0 Å². The standard InChI is InChI=1S/C17H21FN4O4/c1-2-26-17(25)19-8-10-5-6-22(9-14(10)23)16(24)15-20-12-4-3-11(18)7-13(12)21-15/h3-4,7,10,14,23H,2,5-6,8-9H2,1H3,(H,19,25)(H,20,21)/t10-,14+/m0/s1. The average Bonchev–Trinajstić information content (AvgIpc) is 3.03. The van der Waals surface area contributed by atoms with Crippen LogP contribution in [0.25, 0.3) is 11.0 Å². The predicted octanol–water partition coefficient (Wildman–Crippen LogP) is 1.27. The number of aromatic amines is 1. The monoisotopic (exact) mass is 364 g/mol. The van der Waals surface area contributed by atoms with Crippen LogP contribution in [0.15, 0.2) is 18.2 Å². The molecule has 2 atom stereocenters. The summed E-state index contributed by atoms with van der Waals surface area (Å²) in [5.74, 6) is -0.808. The molecular formula is C17H21FN4O4. The number of aliphatic hydroxyl groups excluding tert-OH is 1. The van der Waals surface area contributed by atoms with E-state index in [4.69, 9.17) is 4.74 Å². The van der Waals surface area contributed by atoms with Crippen molar-refractivity contribution in [2.45, 2.75) is 19.4 Å². The summed E-state index contributed by atoms with van der Waals surface area (Å²) in [4.78, 5) is 32.4. The molecule has 3 N–H and O–H groups in total. The van der Waals surface area contributed by atoms with Crippen molar-refractivity contribution in [3.63, 3.8) is 0 Å². The van der Waals surface area contributed by atoms with Crippen LogP contribution in [0, 0.1) is 11.7 Å². The Morgan fingerprint density at radius 1 is 1.50 bits per heavy atom. The molecule has 0 bridgehead atoms. The maximum absolute atomic E-state index is 13.3. The van der Waals surface area contributed by atoms with Gasteiger partial charge in [0.2, 0.25) is 0 Å². The topological polar surface area (TPSA) is 108 Å². The highest BCUT2D eigenvalue weighted by atomic mass is 19.1. The number of β-amino-alcohol motifs (C(OH)–C–C–N with tert-alkyl or cyclic N) is 1. The minimum absolute atomic E-state index is 0.112. The number of carbonyl (C=O) groups is 2. The molecule has 0 aliphatic carbocycles. The van der Waals surface area contributed by atoms with E-state index in [2.05, 4.69) is 15.3 Å². The number of amides is 2. The molecule has 26 heavy (non-hydrogen) atoms. The molecule has 0 spiro atoms. The lowest BCUT2D eigenvalue weighted by atomic mass is 9.93. The van der Waals surface area contributed by atoms with Crippen LogP contribution in [0.4, 0.5) is 9.18 Å². The molecule has 0 saturated carbocycles. The number of aromatic nitrogens is 2. The van der Waals surface area contributed by atoms with Crippen LogP contribution in [0.2, 0.25) is 0 Å². The molecule has 1 aromatic carbocycles. The van der Waals surface area contributed by atoms with Crippen LogP contribution in [0.5, 0.6) is 0 Å². The summed E-state index contributed by atoms with van der Waals surface area (Å²) in [6, 6.07) is 4.06. The minimum Gasteiger partial charge on any atom is -0.450 e. The van der Waals surface area contributed by atoms with Gasteiger partial charge in [0, 0.05) is 25.6 Å². The molecule has 3 rings (SSSR count). The molecule has 1 aromatic heterocycles. The Kier molecular flexibility index (Phi) is 5.36. The number of piperidine rings is 1. The number of H-pyrrole nitrogens is 1. The summed E-state index contributed by atoms with van der Waals surface area (Å²) >= 11 is 0. The number of ether oxygens (including phenoxy) is 1. The van der Waals surface area contributed by atoms with E-state index in [9.17, 15) is 19.1 Å². The number of rotatable bonds is 4. The number of benzene rings is 1. The van der Waals surface area contributed by atoms with Gasteiger partial charge in [0.25, 0.3) is 5.91 Å². The lowest BCUT2D eigenvalue weighted by Gasteiger charge is -2.35. The van der Waals surface area contributed by atoms with Gasteiger partial charge in [0.05, 0.1) is 23.7 Å². The first-order valence-corrected chi connectivity index (χ1v) is 8.51. The fraction of sp³-hybridized carbons (Fsp3) is 0.471. The van der Waals surface area contributed by atoms with E-state index >= 15 is 0 Å². The molecule has 1 saturated heterocycles. The van der Waals surface area contributed by atoms with Gasteiger partial charge >= 0.3 is 6.09 Å². The maximum atomic E-state index is 13.3. The first-order chi connectivity index (χ1) is 12.5. The van der Waals surface area contributed by atoms with Crippen molar-refractivity contribution in [2.24, 2.45) is 5.92 Å². The van der Waals surface area contributed by atoms with Crippen molar-refractivity contribution in [3.8, 4) is 0 Å². The molecule has 2 amide bonds. The van der Waals surface area contributed by atoms with Crippen molar-refractivity contribution >= 4 is 23.0 Å². The van der Waals surface area contributed by atoms with Crippen LogP contribution >= 0.6 is 0 Å². The van der Waals surface area contributed by atoms with Gasteiger partial charge in [-0.15, -0.1) is 0 Å². The first kappa shape index (κ1) is 18.1. The lowest BCUT2D eigenvalue weighted by Crippen LogP contribution is -2.49. The third-order valence-corrected chi connectivity index (χ3v) is 4.44. The second-order valence-corrected chi connectivity index (χ2v) is 6.22. The van der Waals surface area contributed by atoms with Crippen LogP contribution in [-0.4, -0.2) is 64.3 Å². The van der Waals surface area contributed by atoms with E-state index in [1.54, 1.807) is 6.92 Å². The van der Waals surface area contributed by atoms with E-state index in [1.807, 2.05) is 0 Å². The maximum Gasteiger partial charge on any atom is 0.407 e. The smallest absolute Gasteiger partial charge is 0.407 e. The quantitative estimate of drug-likeness (QED) is 0.757. The summed E-state index contributed by atoms with van der Waals surface area (Å²) < 4.78 is 18.0. The second-order valence-electron chi connectivity index (χ2n) is 6.22. The van der Waals surface area contributed by atoms with E-state index in [1.165, 1.54) is 23.1 Å². The highest BCUT2D eigenvalue weighted by molar-refractivity contribution is 5.94. The molecule has 2 heterocycles. The molecule has 8 nitrogen and oxygen atoms in total. The number of carbonyl (C=O) groups excluding carboxylic acids is 2. The average molecular weight is 364 g/mol. The van der Waals surface area contributed by atoms with Crippen molar-refractivity contribution in [3.05, 3.63) is 29.8 Å². The first-order valence-electron chi connectivity index (χ1n) is 8.51. The third-order valence-electron chi connectivity index (χ3n) is 4.44.